The van der Waals surface area contributed by atoms with Crippen molar-refractivity contribution in [1.29, 1.82) is 0 Å². The molecule has 0 aromatic rings. The molecule has 0 atom stereocenters. The Hall–Kier alpha value is 0.0500. The molecule has 0 bridgehead atoms. The molecule has 1 fully saturated rings. The van der Waals surface area contributed by atoms with Gasteiger partial charge in [0.1, 0.15) is 0 Å². The van der Waals surface area contributed by atoms with E-state index in [0.717, 1.165) is 0 Å². The Morgan fingerprint density at radius 3 is 2.55 bits per heavy atom. The summed E-state index contributed by atoms with van der Waals surface area (Å²) in [5.41, 5.74) is 0. The van der Waals surface area contributed by atoms with Gasteiger partial charge in [-0.3, -0.25) is 4.90 Å². The van der Waals surface area contributed by atoms with E-state index in [9.17, 15) is 0 Å². The minimum absolute atomic E-state index is 1.18. The van der Waals surface area contributed by atoms with Crippen molar-refractivity contribution in [3.05, 3.63) is 11.0 Å². The molecule has 1 nitrogen and oxygen atoms in total. The Bertz CT molecular complexity index is 136. The van der Waals surface area contributed by atoms with Gasteiger partial charge < -0.3 is 0 Å². The van der Waals surface area contributed by atoms with Gasteiger partial charge in [0.15, 0.2) is 0 Å². The lowest BCUT2D eigenvalue weighted by atomic mass is 10.4. The third kappa shape index (κ3) is 2.88. The fraction of sp³-hybridized carbons (Fsp3) is 0.778. The van der Waals surface area contributed by atoms with Crippen molar-refractivity contribution in [3.63, 3.8) is 0 Å². The summed E-state index contributed by atoms with van der Waals surface area (Å²) in [5, 5.41) is 0. The van der Waals surface area contributed by atoms with Gasteiger partial charge in [-0.05, 0) is 44.0 Å². The van der Waals surface area contributed by atoms with Gasteiger partial charge in [-0.2, -0.15) is 0 Å². The predicted octanol–water partition coefficient (Wildman–Crippen LogP) is 2.35. The summed E-state index contributed by atoms with van der Waals surface area (Å²) in [5.74, 6) is 0. The van der Waals surface area contributed by atoms with Crippen LogP contribution in [0.2, 0.25) is 0 Å². The van der Waals surface area contributed by atoms with Crippen LogP contribution in [0.5, 0.6) is 0 Å². The number of rotatable bonds is 3. The molecule has 0 unspecified atom stereocenters. The molecule has 0 saturated carbocycles. The first-order chi connectivity index (χ1) is 5.36. The van der Waals surface area contributed by atoms with Crippen LogP contribution in [-0.2, 0) is 0 Å². The Kier molecular flexibility index (Phi) is 4.02. The van der Waals surface area contributed by atoms with Gasteiger partial charge in [0, 0.05) is 6.54 Å². The van der Waals surface area contributed by atoms with Gasteiger partial charge in [0.25, 0.3) is 0 Å². The van der Waals surface area contributed by atoms with Crippen molar-refractivity contribution in [1.82, 2.24) is 4.90 Å². The minimum Gasteiger partial charge on any atom is -0.299 e. The molecule has 0 N–H and O–H groups in total. The molecule has 1 aliphatic rings. The molecule has 1 heterocycles. The van der Waals surface area contributed by atoms with E-state index < -0.39 is 0 Å². The standard InChI is InChI=1S/C9H17NS/c1-3-9(11-2)8-10-6-4-5-7-10/h3H,4-8H2,1-2H3. The minimum atomic E-state index is 1.18. The molecular formula is C9H17NS. The first-order valence-electron chi connectivity index (χ1n) is 4.28. The quantitative estimate of drug-likeness (QED) is 0.641. The van der Waals surface area contributed by atoms with Crippen LogP contribution >= 0.6 is 11.8 Å². The number of thioether (sulfide) groups is 1. The molecule has 0 aromatic heterocycles. The van der Waals surface area contributed by atoms with Crippen LogP contribution in [0.25, 0.3) is 0 Å². The Morgan fingerprint density at radius 2 is 2.09 bits per heavy atom. The van der Waals surface area contributed by atoms with E-state index in [1.807, 2.05) is 11.8 Å². The summed E-state index contributed by atoms with van der Waals surface area (Å²) in [4.78, 5) is 4.04. The first-order valence-corrected chi connectivity index (χ1v) is 5.51. The summed E-state index contributed by atoms with van der Waals surface area (Å²) in [7, 11) is 0. The maximum Gasteiger partial charge on any atom is 0.0290 e. The van der Waals surface area contributed by atoms with Crippen LogP contribution in [0, 0.1) is 0 Å². The predicted molar refractivity (Wildman–Crippen MR) is 52.9 cm³/mol. The van der Waals surface area contributed by atoms with Crippen molar-refractivity contribution in [2.75, 3.05) is 25.9 Å². The lowest BCUT2D eigenvalue weighted by Crippen LogP contribution is -2.20. The molecule has 0 aromatic carbocycles. The zero-order chi connectivity index (χ0) is 8.10. The average Bonchev–Trinajstić information content (AvgIpc) is 2.52. The normalized spacial score (nSPS) is 21.1. The number of hydrogen-bond donors (Lipinski definition) is 0. The monoisotopic (exact) mass is 171 g/mol. The van der Waals surface area contributed by atoms with Crippen LogP contribution in [0.3, 0.4) is 0 Å². The van der Waals surface area contributed by atoms with Crippen molar-refractivity contribution in [2.24, 2.45) is 0 Å². The lowest BCUT2D eigenvalue weighted by molar-refractivity contribution is 0.375. The number of likely N-dealkylation sites (tertiary alicyclic amines) is 1. The number of hydrogen-bond acceptors (Lipinski definition) is 2. The highest BCUT2D eigenvalue weighted by molar-refractivity contribution is 8.02. The third-order valence-electron chi connectivity index (χ3n) is 2.16. The molecule has 0 amide bonds. The van der Waals surface area contributed by atoms with Crippen LogP contribution in [-0.4, -0.2) is 30.8 Å². The second-order valence-electron chi connectivity index (χ2n) is 2.94. The molecule has 1 rings (SSSR count). The van der Waals surface area contributed by atoms with Gasteiger partial charge in [0.2, 0.25) is 0 Å². The van der Waals surface area contributed by atoms with Crippen molar-refractivity contribution < 1.29 is 0 Å². The second-order valence-corrected chi connectivity index (χ2v) is 3.87. The smallest absolute Gasteiger partial charge is 0.0290 e. The fourth-order valence-corrected chi connectivity index (χ4v) is 1.98. The van der Waals surface area contributed by atoms with E-state index in [0.29, 0.717) is 0 Å². The summed E-state index contributed by atoms with van der Waals surface area (Å²) in [6.07, 6.45) is 7.17. The van der Waals surface area contributed by atoms with Gasteiger partial charge in [-0.25, -0.2) is 0 Å². The number of nitrogens with zero attached hydrogens (tertiary/aromatic N) is 1. The average molecular weight is 171 g/mol. The number of allylic oxidation sites excluding steroid dienone is 1. The van der Waals surface area contributed by atoms with E-state index in [1.165, 1.54) is 37.4 Å². The summed E-state index contributed by atoms with van der Waals surface area (Å²) in [6.45, 7) is 5.91. The van der Waals surface area contributed by atoms with Gasteiger partial charge in [-0.1, -0.05) is 6.08 Å². The van der Waals surface area contributed by atoms with E-state index in [-0.39, 0.29) is 0 Å². The van der Waals surface area contributed by atoms with E-state index in [1.54, 1.807) is 0 Å². The van der Waals surface area contributed by atoms with Gasteiger partial charge in [0.05, 0.1) is 0 Å². The Balaban J connectivity index is 2.27. The fourth-order valence-electron chi connectivity index (χ4n) is 1.43. The summed E-state index contributed by atoms with van der Waals surface area (Å²) < 4.78 is 0. The maximum absolute atomic E-state index is 2.53. The Morgan fingerprint density at radius 1 is 1.45 bits per heavy atom. The third-order valence-corrected chi connectivity index (χ3v) is 3.05. The molecule has 11 heavy (non-hydrogen) atoms. The van der Waals surface area contributed by atoms with Crippen molar-refractivity contribution >= 4 is 11.8 Å². The molecule has 0 radical (unpaired) electrons. The van der Waals surface area contributed by atoms with Gasteiger partial charge in [-0.15, -0.1) is 11.8 Å². The van der Waals surface area contributed by atoms with E-state index >= 15 is 0 Å². The molecule has 64 valence electrons. The lowest BCUT2D eigenvalue weighted by Gasteiger charge is -2.15. The van der Waals surface area contributed by atoms with Crippen LogP contribution < -0.4 is 0 Å². The first kappa shape index (κ1) is 9.14. The zero-order valence-electron chi connectivity index (χ0n) is 7.47. The molecule has 0 aliphatic carbocycles. The molecule has 0 spiro atoms. The SMILES string of the molecule is CC=C(CN1CCCC1)SC. The van der Waals surface area contributed by atoms with E-state index in [4.69, 9.17) is 0 Å². The van der Waals surface area contributed by atoms with Gasteiger partial charge >= 0.3 is 0 Å². The molecule has 1 saturated heterocycles. The topological polar surface area (TPSA) is 3.24 Å². The molecule has 2 heteroatoms. The Labute approximate surface area is 73.8 Å². The highest BCUT2D eigenvalue weighted by Crippen LogP contribution is 2.16. The maximum atomic E-state index is 2.53. The molecular weight excluding hydrogens is 154 g/mol. The van der Waals surface area contributed by atoms with Crippen LogP contribution in [0.15, 0.2) is 11.0 Å². The van der Waals surface area contributed by atoms with Crippen molar-refractivity contribution in [2.45, 2.75) is 19.8 Å². The summed E-state index contributed by atoms with van der Waals surface area (Å²) in [6, 6.07) is 0. The highest BCUT2D eigenvalue weighted by atomic mass is 32.2. The van der Waals surface area contributed by atoms with Crippen molar-refractivity contribution in [3.8, 4) is 0 Å². The van der Waals surface area contributed by atoms with Crippen LogP contribution in [0.4, 0.5) is 0 Å². The molecule has 1 aliphatic heterocycles. The zero-order valence-corrected chi connectivity index (χ0v) is 8.28. The second kappa shape index (κ2) is 4.83. The van der Waals surface area contributed by atoms with Crippen LogP contribution in [0.1, 0.15) is 19.8 Å². The summed E-state index contributed by atoms with van der Waals surface area (Å²) >= 11 is 1.88. The highest BCUT2D eigenvalue weighted by Gasteiger charge is 2.11. The van der Waals surface area contributed by atoms with E-state index in [2.05, 4.69) is 24.2 Å². The largest absolute Gasteiger partial charge is 0.299 e.